The number of fused-ring (bicyclic) bond motifs is 1. The van der Waals surface area contributed by atoms with Crippen molar-refractivity contribution < 1.29 is 53.8 Å². The van der Waals surface area contributed by atoms with Crippen LogP contribution < -0.4 is 9.04 Å². The normalized spacial score (nSPS) is 15.8. The van der Waals surface area contributed by atoms with Gasteiger partial charge in [-0.05, 0) is 73.4 Å². The second-order valence-electron chi connectivity index (χ2n) is 9.45. The topological polar surface area (TPSA) is 83.9 Å². The SMILES string of the molecule is Cc1c(C(F)(F)F)cc(-c2ccc3c(c2)N(S(=O)(=O)c2cccc(C(F)(F)F)c2)CC(CCC(=O)O)O3)c(F)c1C. The van der Waals surface area contributed by atoms with E-state index in [1.54, 1.807) is 0 Å². The Morgan fingerprint density at radius 2 is 1.68 bits per heavy atom. The maximum atomic E-state index is 15.2. The molecule has 0 aromatic heterocycles. The third kappa shape index (κ3) is 5.97. The Kier molecular flexibility index (Phi) is 7.76. The second-order valence-corrected chi connectivity index (χ2v) is 11.3. The molecule has 1 atom stereocenters. The number of ether oxygens (including phenoxy) is 1. The molecule has 0 radical (unpaired) electrons. The number of nitrogens with zero attached hydrogens (tertiary/aromatic N) is 1. The summed E-state index contributed by atoms with van der Waals surface area (Å²) >= 11 is 0. The number of hydrogen-bond donors (Lipinski definition) is 1. The van der Waals surface area contributed by atoms with Crippen molar-refractivity contribution in [2.24, 2.45) is 0 Å². The lowest BCUT2D eigenvalue weighted by atomic mass is 9.94. The lowest BCUT2D eigenvalue weighted by molar-refractivity contribution is -0.138. The Morgan fingerprint density at radius 3 is 2.29 bits per heavy atom. The standard InChI is InChI=1S/C27H22F7NO5S/c1-14-15(2)25(28)20(12-21(14)27(32,33)34)16-6-8-23-22(10-16)35(13-18(40-23)7-9-24(36)37)41(38,39)19-5-3-4-17(11-19)26(29,30)31/h3-6,8,10-12,18H,7,9,13H2,1-2H3,(H,36,37). The largest absolute Gasteiger partial charge is 0.486 e. The molecule has 0 amide bonds. The number of anilines is 1. The Hall–Kier alpha value is -3.81. The Bertz CT molecular complexity index is 1620. The third-order valence-electron chi connectivity index (χ3n) is 6.76. The molecule has 1 aliphatic rings. The molecular weight excluding hydrogens is 583 g/mol. The molecule has 3 aromatic rings. The fraction of sp³-hybridized carbons (Fsp3) is 0.296. The highest BCUT2D eigenvalue weighted by Crippen LogP contribution is 2.43. The molecule has 41 heavy (non-hydrogen) atoms. The quantitative estimate of drug-likeness (QED) is 0.307. The Morgan fingerprint density at radius 1 is 1.00 bits per heavy atom. The summed E-state index contributed by atoms with van der Waals surface area (Å²) in [5.41, 5.74) is -3.82. The number of benzene rings is 3. The number of carbonyl (C=O) groups is 1. The van der Waals surface area contributed by atoms with Gasteiger partial charge >= 0.3 is 18.3 Å². The molecule has 1 heterocycles. The molecule has 0 fully saturated rings. The molecular formula is C27H22F7NO5S. The van der Waals surface area contributed by atoms with Crippen molar-refractivity contribution in [3.8, 4) is 16.9 Å². The Labute approximate surface area is 230 Å². The highest BCUT2D eigenvalue weighted by atomic mass is 32.2. The average Bonchev–Trinajstić information content (AvgIpc) is 2.88. The number of halogens is 7. The smallest absolute Gasteiger partial charge is 0.416 e. The van der Waals surface area contributed by atoms with Crippen molar-refractivity contribution in [1.29, 1.82) is 0 Å². The predicted octanol–water partition coefficient (Wildman–Crippen LogP) is 6.97. The van der Waals surface area contributed by atoms with Crippen molar-refractivity contribution in [3.05, 3.63) is 76.6 Å². The van der Waals surface area contributed by atoms with Crippen LogP contribution in [0.3, 0.4) is 0 Å². The van der Waals surface area contributed by atoms with E-state index in [2.05, 4.69) is 0 Å². The van der Waals surface area contributed by atoms with Crippen LogP contribution in [-0.4, -0.2) is 32.1 Å². The summed E-state index contributed by atoms with van der Waals surface area (Å²) in [6.07, 6.45) is -11.3. The maximum absolute atomic E-state index is 15.2. The fourth-order valence-corrected chi connectivity index (χ4v) is 6.04. The summed E-state index contributed by atoms with van der Waals surface area (Å²) in [4.78, 5) is 10.4. The lowest BCUT2D eigenvalue weighted by Gasteiger charge is -2.36. The Balaban J connectivity index is 1.89. The summed E-state index contributed by atoms with van der Waals surface area (Å²) in [7, 11) is -4.75. The van der Waals surface area contributed by atoms with E-state index >= 15 is 4.39 Å². The van der Waals surface area contributed by atoms with E-state index in [-0.39, 0.29) is 34.5 Å². The summed E-state index contributed by atoms with van der Waals surface area (Å²) in [6, 6.07) is 7.02. The van der Waals surface area contributed by atoms with Gasteiger partial charge in [0.15, 0.2) is 0 Å². The minimum absolute atomic E-state index is 0.133. The van der Waals surface area contributed by atoms with Crippen molar-refractivity contribution >= 4 is 21.7 Å². The highest BCUT2D eigenvalue weighted by molar-refractivity contribution is 7.92. The van der Waals surface area contributed by atoms with Crippen LogP contribution >= 0.6 is 0 Å². The molecule has 0 spiro atoms. The third-order valence-corrected chi connectivity index (χ3v) is 8.53. The summed E-state index contributed by atoms with van der Waals surface area (Å²) in [5.74, 6) is -2.31. The number of carboxylic acids is 1. The van der Waals surface area contributed by atoms with Crippen LogP contribution in [0.4, 0.5) is 36.4 Å². The van der Waals surface area contributed by atoms with Gasteiger partial charge in [0.2, 0.25) is 0 Å². The molecule has 220 valence electrons. The van der Waals surface area contributed by atoms with Crippen LogP contribution in [0.5, 0.6) is 5.75 Å². The zero-order valence-electron chi connectivity index (χ0n) is 21.4. The van der Waals surface area contributed by atoms with Gasteiger partial charge in [0.1, 0.15) is 17.7 Å². The molecule has 14 heteroatoms. The van der Waals surface area contributed by atoms with Crippen molar-refractivity contribution in [1.82, 2.24) is 0 Å². The van der Waals surface area contributed by atoms with Crippen LogP contribution in [-0.2, 0) is 27.2 Å². The number of carboxylic acid groups (broad SMARTS) is 1. The van der Waals surface area contributed by atoms with Gasteiger partial charge in [0, 0.05) is 12.0 Å². The number of aliphatic carboxylic acids is 1. The number of hydrogen-bond acceptors (Lipinski definition) is 4. The van der Waals surface area contributed by atoms with Gasteiger partial charge < -0.3 is 9.84 Å². The van der Waals surface area contributed by atoms with Crippen LogP contribution in [0.1, 0.15) is 35.1 Å². The number of alkyl halides is 6. The van der Waals surface area contributed by atoms with E-state index in [9.17, 15) is 39.6 Å². The van der Waals surface area contributed by atoms with Crippen LogP contribution in [0.25, 0.3) is 11.1 Å². The van der Waals surface area contributed by atoms with Crippen LogP contribution in [0.15, 0.2) is 53.4 Å². The highest BCUT2D eigenvalue weighted by Gasteiger charge is 2.38. The zero-order valence-corrected chi connectivity index (χ0v) is 22.2. The fourth-order valence-electron chi connectivity index (χ4n) is 4.49. The van der Waals surface area contributed by atoms with E-state index in [1.807, 2.05) is 0 Å². The van der Waals surface area contributed by atoms with E-state index in [0.717, 1.165) is 25.1 Å². The molecule has 1 N–H and O–H groups in total. The molecule has 4 rings (SSSR count). The van der Waals surface area contributed by atoms with E-state index in [0.29, 0.717) is 22.5 Å². The summed E-state index contributed by atoms with van der Waals surface area (Å²) in [5, 5.41) is 9.05. The molecule has 1 aliphatic heterocycles. The monoisotopic (exact) mass is 605 g/mol. The van der Waals surface area contributed by atoms with Gasteiger partial charge in [0.25, 0.3) is 10.0 Å². The molecule has 0 bridgehead atoms. The van der Waals surface area contributed by atoms with Crippen molar-refractivity contribution in [3.63, 3.8) is 0 Å². The molecule has 0 aliphatic carbocycles. The van der Waals surface area contributed by atoms with Gasteiger partial charge in [-0.25, -0.2) is 12.8 Å². The van der Waals surface area contributed by atoms with Crippen molar-refractivity contribution in [2.45, 2.75) is 50.0 Å². The molecule has 3 aromatic carbocycles. The molecule has 0 saturated carbocycles. The zero-order chi connectivity index (χ0) is 30.5. The van der Waals surface area contributed by atoms with E-state index < -0.39 is 74.8 Å². The predicted molar refractivity (Wildman–Crippen MR) is 134 cm³/mol. The summed E-state index contributed by atoms with van der Waals surface area (Å²) in [6.45, 7) is 1.76. The van der Waals surface area contributed by atoms with E-state index in [4.69, 9.17) is 9.84 Å². The first kappa shape index (κ1) is 30.2. The van der Waals surface area contributed by atoms with Gasteiger partial charge in [-0.2, -0.15) is 26.3 Å². The number of rotatable bonds is 6. The molecule has 6 nitrogen and oxygen atoms in total. The first-order valence-electron chi connectivity index (χ1n) is 12.0. The van der Waals surface area contributed by atoms with Gasteiger partial charge in [-0.15, -0.1) is 0 Å². The second kappa shape index (κ2) is 10.5. The molecule has 0 saturated heterocycles. The minimum Gasteiger partial charge on any atom is -0.486 e. The van der Waals surface area contributed by atoms with Crippen molar-refractivity contribution in [2.75, 3.05) is 10.8 Å². The van der Waals surface area contributed by atoms with Gasteiger partial charge in [-0.3, -0.25) is 9.10 Å². The average molecular weight is 606 g/mol. The maximum Gasteiger partial charge on any atom is 0.416 e. The first-order chi connectivity index (χ1) is 18.9. The lowest BCUT2D eigenvalue weighted by Crippen LogP contribution is -2.43. The van der Waals surface area contributed by atoms with Crippen LogP contribution in [0, 0.1) is 19.7 Å². The van der Waals surface area contributed by atoms with Gasteiger partial charge in [-0.1, -0.05) is 12.1 Å². The first-order valence-corrected chi connectivity index (χ1v) is 13.4. The minimum atomic E-state index is -4.86. The van der Waals surface area contributed by atoms with Crippen LogP contribution in [0.2, 0.25) is 0 Å². The molecule has 1 unspecified atom stereocenters. The number of sulfonamides is 1. The van der Waals surface area contributed by atoms with E-state index in [1.165, 1.54) is 19.1 Å². The summed E-state index contributed by atoms with van der Waals surface area (Å²) < 4.78 is 130. The van der Waals surface area contributed by atoms with Gasteiger partial charge in [0.05, 0.1) is 28.3 Å².